The lowest BCUT2D eigenvalue weighted by atomic mass is 9.98. The zero-order valence-corrected chi connectivity index (χ0v) is 18.8. The molecule has 0 aliphatic rings. The lowest BCUT2D eigenvalue weighted by Gasteiger charge is -2.15. The molecule has 0 spiro atoms. The molecule has 5 nitrogen and oxygen atoms in total. The zero-order valence-electron chi connectivity index (χ0n) is 17.9. The summed E-state index contributed by atoms with van der Waals surface area (Å²) in [7, 11) is 3.77. The summed E-state index contributed by atoms with van der Waals surface area (Å²) in [5, 5.41) is 8.50. The molecule has 0 amide bonds. The molecule has 4 rings (SSSR count). The number of aryl methyl sites for hydroxylation is 2. The highest BCUT2D eigenvalue weighted by atomic mass is 32.2. The Bertz CT molecular complexity index is 1270. The van der Waals surface area contributed by atoms with Crippen molar-refractivity contribution in [2.24, 2.45) is 14.1 Å². The summed E-state index contributed by atoms with van der Waals surface area (Å²) in [4.78, 5) is 12.7. The van der Waals surface area contributed by atoms with Crippen molar-refractivity contribution < 1.29 is 4.74 Å². The van der Waals surface area contributed by atoms with Crippen LogP contribution in [0.5, 0.6) is 5.75 Å². The second-order valence-electron chi connectivity index (χ2n) is 7.43. The molecule has 0 aliphatic heterocycles. The van der Waals surface area contributed by atoms with E-state index >= 15 is 0 Å². The van der Waals surface area contributed by atoms with E-state index in [4.69, 9.17) is 9.84 Å². The van der Waals surface area contributed by atoms with Gasteiger partial charge in [0.05, 0.1) is 12.1 Å². The van der Waals surface area contributed by atoms with Gasteiger partial charge in [0.15, 0.2) is 0 Å². The van der Waals surface area contributed by atoms with E-state index in [0.717, 1.165) is 56.8 Å². The smallest absolute Gasteiger partial charge is 0.258 e. The number of nitrogens with zero attached hydrogens (tertiary/aromatic N) is 3. The van der Waals surface area contributed by atoms with Crippen LogP contribution < -0.4 is 10.3 Å². The highest BCUT2D eigenvalue weighted by Crippen LogP contribution is 2.39. The molecule has 4 aromatic rings. The third kappa shape index (κ3) is 3.60. The zero-order chi connectivity index (χ0) is 21.3. The molecule has 0 unspecified atom stereocenters. The minimum Gasteiger partial charge on any atom is -0.493 e. The largest absolute Gasteiger partial charge is 0.493 e. The van der Waals surface area contributed by atoms with Gasteiger partial charge in [0.25, 0.3) is 5.56 Å². The molecule has 0 aliphatic carbocycles. The Hall–Kier alpha value is -2.73. The Morgan fingerprint density at radius 1 is 1.03 bits per heavy atom. The molecule has 30 heavy (non-hydrogen) atoms. The average molecular weight is 422 g/mol. The van der Waals surface area contributed by atoms with Crippen molar-refractivity contribution in [2.75, 3.05) is 12.4 Å². The number of hydrogen-bond donors (Lipinski definition) is 0. The van der Waals surface area contributed by atoms with Crippen LogP contribution in [0.2, 0.25) is 0 Å². The summed E-state index contributed by atoms with van der Waals surface area (Å²) < 4.78 is 9.82. The molecule has 0 radical (unpaired) electrons. The number of ether oxygens (including phenoxy) is 1. The predicted molar refractivity (Wildman–Crippen MR) is 126 cm³/mol. The van der Waals surface area contributed by atoms with Gasteiger partial charge in [0.1, 0.15) is 10.8 Å². The number of rotatable bonds is 7. The van der Waals surface area contributed by atoms with E-state index in [1.165, 1.54) is 0 Å². The first-order valence-corrected chi connectivity index (χ1v) is 11.4. The van der Waals surface area contributed by atoms with Crippen LogP contribution in [0.25, 0.3) is 32.8 Å². The van der Waals surface area contributed by atoms with Crippen molar-refractivity contribution in [3.05, 3.63) is 52.9 Å². The van der Waals surface area contributed by atoms with Crippen LogP contribution >= 0.6 is 11.8 Å². The summed E-state index contributed by atoms with van der Waals surface area (Å²) in [5.74, 6) is 1.79. The Labute approximate surface area is 180 Å². The molecule has 0 N–H and O–H groups in total. The fourth-order valence-corrected chi connectivity index (χ4v) is 4.56. The van der Waals surface area contributed by atoms with Gasteiger partial charge in [-0.1, -0.05) is 38.5 Å². The molecule has 2 aromatic heterocycles. The molecular weight excluding hydrogens is 394 g/mol. The van der Waals surface area contributed by atoms with E-state index in [-0.39, 0.29) is 5.56 Å². The third-order valence-electron chi connectivity index (χ3n) is 5.34. The van der Waals surface area contributed by atoms with Crippen LogP contribution in [-0.2, 0) is 14.1 Å². The van der Waals surface area contributed by atoms with Gasteiger partial charge in [-0.15, -0.1) is 11.8 Å². The maximum Gasteiger partial charge on any atom is 0.258 e. The maximum atomic E-state index is 12.7. The second-order valence-corrected chi connectivity index (χ2v) is 8.69. The second kappa shape index (κ2) is 8.56. The Morgan fingerprint density at radius 2 is 1.80 bits per heavy atom. The highest BCUT2D eigenvalue weighted by Gasteiger charge is 2.18. The molecule has 0 fully saturated rings. The Balaban J connectivity index is 2.02. The molecule has 156 valence electrons. The van der Waals surface area contributed by atoms with Gasteiger partial charge in [0.2, 0.25) is 0 Å². The van der Waals surface area contributed by atoms with Gasteiger partial charge < -0.3 is 9.30 Å². The van der Waals surface area contributed by atoms with Gasteiger partial charge in [-0.3, -0.25) is 9.48 Å². The molecule has 2 aromatic carbocycles. The summed E-state index contributed by atoms with van der Waals surface area (Å²) in [6.45, 7) is 4.95. The summed E-state index contributed by atoms with van der Waals surface area (Å²) >= 11 is 1.74. The normalized spacial score (nSPS) is 11.5. The first-order chi connectivity index (χ1) is 14.5. The lowest BCUT2D eigenvalue weighted by Crippen LogP contribution is -2.16. The van der Waals surface area contributed by atoms with Crippen LogP contribution in [0.3, 0.4) is 0 Å². The molecule has 0 saturated heterocycles. The van der Waals surface area contributed by atoms with Crippen molar-refractivity contribution in [3.8, 4) is 16.9 Å². The quantitative estimate of drug-likeness (QED) is 0.297. The molecule has 2 heterocycles. The maximum absolute atomic E-state index is 12.7. The number of hydrogen-bond acceptors (Lipinski definition) is 4. The van der Waals surface area contributed by atoms with Crippen LogP contribution in [0, 0.1) is 0 Å². The first-order valence-electron chi connectivity index (χ1n) is 10.4. The number of fused-ring (bicyclic) bond motifs is 2. The van der Waals surface area contributed by atoms with Gasteiger partial charge in [-0.05, 0) is 29.7 Å². The number of aromatic nitrogens is 3. The van der Waals surface area contributed by atoms with Gasteiger partial charge >= 0.3 is 0 Å². The minimum atomic E-state index is 0.00693. The van der Waals surface area contributed by atoms with E-state index < -0.39 is 0 Å². The average Bonchev–Trinajstić information content (AvgIpc) is 3.05. The number of pyridine rings is 1. The standard InChI is InChI=1S/C24H27N3O2S/c1-5-7-12-29-22-14-21-19(23(30-6-2)25-27(21)4)13-18(22)20-15-26(3)24(28)17-11-9-8-10-16(17)20/h8-11,13-15H,5-7,12H2,1-4H3. The van der Waals surface area contributed by atoms with Crippen molar-refractivity contribution >= 4 is 33.4 Å². The van der Waals surface area contributed by atoms with Gasteiger partial charge in [-0.25, -0.2) is 0 Å². The molecular formula is C24H27N3O2S. The minimum absolute atomic E-state index is 0.00693. The molecule has 0 bridgehead atoms. The number of unbranched alkanes of at least 4 members (excludes halogenated alkanes) is 1. The van der Waals surface area contributed by atoms with Gasteiger partial charge in [0, 0.05) is 48.3 Å². The van der Waals surface area contributed by atoms with Crippen molar-refractivity contribution in [3.63, 3.8) is 0 Å². The number of thioether (sulfide) groups is 1. The number of benzene rings is 2. The van der Waals surface area contributed by atoms with Crippen LogP contribution in [0.15, 0.2) is 52.4 Å². The third-order valence-corrected chi connectivity index (χ3v) is 6.20. The molecule has 6 heteroatoms. The Kier molecular flexibility index (Phi) is 5.86. The van der Waals surface area contributed by atoms with Crippen LogP contribution in [0.4, 0.5) is 0 Å². The first kappa shape index (κ1) is 20.5. The summed E-state index contributed by atoms with van der Waals surface area (Å²) in [6, 6.07) is 12.0. The lowest BCUT2D eigenvalue weighted by molar-refractivity contribution is 0.311. The monoisotopic (exact) mass is 421 g/mol. The molecule has 0 atom stereocenters. The van der Waals surface area contributed by atoms with E-state index in [2.05, 4.69) is 26.0 Å². The molecule has 0 saturated carbocycles. The van der Waals surface area contributed by atoms with Crippen molar-refractivity contribution in [2.45, 2.75) is 31.7 Å². The highest BCUT2D eigenvalue weighted by molar-refractivity contribution is 7.99. The van der Waals surface area contributed by atoms with E-state index in [1.807, 2.05) is 42.2 Å². The predicted octanol–water partition coefficient (Wildman–Crippen LogP) is 5.38. The van der Waals surface area contributed by atoms with E-state index in [9.17, 15) is 4.79 Å². The van der Waals surface area contributed by atoms with E-state index in [1.54, 1.807) is 23.4 Å². The van der Waals surface area contributed by atoms with Crippen LogP contribution in [0.1, 0.15) is 26.7 Å². The van der Waals surface area contributed by atoms with Crippen molar-refractivity contribution in [1.82, 2.24) is 14.3 Å². The van der Waals surface area contributed by atoms with Crippen LogP contribution in [-0.4, -0.2) is 26.7 Å². The fraction of sp³-hybridized carbons (Fsp3) is 0.333. The van der Waals surface area contributed by atoms with Gasteiger partial charge in [-0.2, -0.15) is 5.10 Å². The fourth-order valence-electron chi connectivity index (χ4n) is 3.78. The topological polar surface area (TPSA) is 49.1 Å². The SMILES string of the molecule is CCCCOc1cc2c(cc1-c1cn(C)c(=O)c3ccccc13)c(SCC)nn2C. The summed E-state index contributed by atoms with van der Waals surface area (Å²) in [5.41, 5.74) is 3.05. The van der Waals surface area contributed by atoms with E-state index in [0.29, 0.717) is 12.0 Å². The summed E-state index contributed by atoms with van der Waals surface area (Å²) in [6.07, 6.45) is 3.98. The Morgan fingerprint density at radius 3 is 2.53 bits per heavy atom. The van der Waals surface area contributed by atoms with Crippen molar-refractivity contribution in [1.29, 1.82) is 0 Å².